The van der Waals surface area contributed by atoms with E-state index in [4.69, 9.17) is 4.74 Å². The Kier molecular flexibility index (Phi) is 8.22. The van der Waals surface area contributed by atoms with Gasteiger partial charge in [-0.25, -0.2) is 4.68 Å². The number of rotatable bonds is 10. The van der Waals surface area contributed by atoms with Crippen LogP contribution in [0.3, 0.4) is 0 Å². The summed E-state index contributed by atoms with van der Waals surface area (Å²) in [6.45, 7) is 18.4. The lowest BCUT2D eigenvalue weighted by Gasteiger charge is -2.35. The third kappa shape index (κ3) is 5.53. The summed E-state index contributed by atoms with van der Waals surface area (Å²) in [7, 11) is 0. The van der Waals surface area contributed by atoms with Crippen molar-refractivity contribution in [3.8, 4) is 0 Å². The molecule has 0 saturated carbocycles. The quantitative estimate of drug-likeness (QED) is 0.460. The van der Waals surface area contributed by atoms with Crippen molar-refractivity contribution < 1.29 is 4.74 Å². The van der Waals surface area contributed by atoms with Gasteiger partial charge in [-0.05, 0) is 73.5 Å². The lowest BCUT2D eigenvalue weighted by molar-refractivity contribution is 0.0289. The largest absolute Gasteiger partial charge is 0.379 e. The highest BCUT2D eigenvalue weighted by molar-refractivity contribution is 5.83. The van der Waals surface area contributed by atoms with E-state index >= 15 is 0 Å². The van der Waals surface area contributed by atoms with Gasteiger partial charge < -0.3 is 9.72 Å². The van der Waals surface area contributed by atoms with Crippen LogP contribution in [0.4, 0.5) is 0 Å². The first-order valence-electron chi connectivity index (χ1n) is 13.2. The van der Waals surface area contributed by atoms with Crippen LogP contribution < -0.4 is 5.56 Å². The van der Waals surface area contributed by atoms with Crippen LogP contribution in [0.5, 0.6) is 0 Å². The molecule has 1 fully saturated rings. The molecule has 1 saturated heterocycles. The summed E-state index contributed by atoms with van der Waals surface area (Å²) >= 11 is 0. The van der Waals surface area contributed by atoms with E-state index in [1.807, 2.05) is 10.7 Å². The van der Waals surface area contributed by atoms with Crippen molar-refractivity contribution in [2.24, 2.45) is 0 Å². The van der Waals surface area contributed by atoms with Gasteiger partial charge in [-0.1, -0.05) is 26.0 Å². The molecule has 3 aromatic rings. The normalized spacial score (nSPS) is 16.2. The second kappa shape index (κ2) is 11.2. The summed E-state index contributed by atoms with van der Waals surface area (Å²) < 4.78 is 7.51. The molecule has 3 heterocycles. The minimum Gasteiger partial charge on any atom is -0.379 e. The topological polar surface area (TPSA) is 92.2 Å². The lowest BCUT2D eigenvalue weighted by Crippen LogP contribution is -2.43. The molecule has 1 aliphatic rings. The Bertz CT molecular complexity index is 1230. The molecule has 0 amide bonds. The summed E-state index contributed by atoms with van der Waals surface area (Å²) in [5.74, 6) is 0.856. The van der Waals surface area contributed by atoms with Crippen molar-refractivity contribution >= 4 is 10.9 Å². The number of fused-ring (bicyclic) bond motifs is 1. The molecule has 1 aromatic carbocycles. The van der Waals surface area contributed by atoms with Gasteiger partial charge in [-0.3, -0.25) is 14.6 Å². The van der Waals surface area contributed by atoms with Crippen molar-refractivity contribution in [1.82, 2.24) is 35.0 Å². The summed E-state index contributed by atoms with van der Waals surface area (Å²) in [5, 5.41) is 14.0. The van der Waals surface area contributed by atoms with Gasteiger partial charge in [0.25, 0.3) is 5.56 Å². The number of tetrazole rings is 1. The van der Waals surface area contributed by atoms with E-state index in [9.17, 15) is 4.79 Å². The molecule has 0 spiro atoms. The van der Waals surface area contributed by atoms with Gasteiger partial charge in [0, 0.05) is 38.3 Å². The monoisotopic (exact) mass is 495 g/mol. The Hall–Kier alpha value is -2.62. The summed E-state index contributed by atoms with van der Waals surface area (Å²) in [4.78, 5) is 21.2. The van der Waals surface area contributed by atoms with E-state index < -0.39 is 0 Å². The van der Waals surface area contributed by atoms with Crippen LogP contribution in [0.2, 0.25) is 0 Å². The maximum atomic E-state index is 13.3. The summed E-state index contributed by atoms with van der Waals surface area (Å²) in [6.07, 6.45) is 1.76. The van der Waals surface area contributed by atoms with Crippen LogP contribution in [0.15, 0.2) is 23.0 Å². The minimum atomic E-state index is -0.196. The maximum Gasteiger partial charge on any atom is 0.252 e. The first kappa shape index (κ1) is 26.4. The van der Waals surface area contributed by atoms with Crippen LogP contribution in [-0.4, -0.2) is 74.4 Å². The number of nitrogens with one attached hydrogen (secondary N) is 1. The SMILES string of the molecule is CCC(c1nnnn1C(C)(C)CC)N(CCN1CCOCC1)Cc1cc2ccc(C)c(C)c2[nH]c1=O. The third-order valence-corrected chi connectivity index (χ3v) is 7.87. The summed E-state index contributed by atoms with van der Waals surface area (Å²) in [6, 6.07) is 6.25. The molecule has 2 aromatic heterocycles. The molecular weight excluding hydrogens is 454 g/mol. The zero-order valence-corrected chi connectivity index (χ0v) is 22.7. The van der Waals surface area contributed by atoms with Crippen molar-refractivity contribution in [3.63, 3.8) is 0 Å². The highest BCUT2D eigenvalue weighted by atomic mass is 16.5. The van der Waals surface area contributed by atoms with Crippen LogP contribution in [-0.2, 0) is 16.8 Å². The first-order chi connectivity index (χ1) is 17.2. The number of aromatic amines is 1. The molecule has 1 atom stereocenters. The average molecular weight is 496 g/mol. The van der Waals surface area contributed by atoms with E-state index in [0.717, 1.165) is 80.1 Å². The predicted octanol–water partition coefficient (Wildman–Crippen LogP) is 3.56. The molecule has 1 aliphatic heterocycles. The highest BCUT2D eigenvalue weighted by Gasteiger charge is 2.31. The van der Waals surface area contributed by atoms with Gasteiger partial charge in [0.05, 0.1) is 30.3 Å². The van der Waals surface area contributed by atoms with Crippen molar-refractivity contribution in [3.05, 3.63) is 51.1 Å². The average Bonchev–Trinajstić information content (AvgIpc) is 3.37. The Morgan fingerprint density at radius 3 is 2.64 bits per heavy atom. The number of H-pyrrole nitrogens is 1. The number of aryl methyl sites for hydroxylation is 2. The Labute approximate surface area is 213 Å². The maximum absolute atomic E-state index is 13.3. The molecule has 1 N–H and O–H groups in total. The van der Waals surface area contributed by atoms with Gasteiger partial charge in [0.1, 0.15) is 0 Å². The number of morpholine rings is 1. The fourth-order valence-electron chi connectivity index (χ4n) is 4.93. The summed E-state index contributed by atoms with van der Waals surface area (Å²) in [5.41, 5.74) is 3.75. The molecule has 196 valence electrons. The zero-order valence-electron chi connectivity index (χ0n) is 22.7. The van der Waals surface area contributed by atoms with E-state index in [1.54, 1.807) is 0 Å². The van der Waals surface area contributed by atoms with Crippen molar-refractivity contribution in [2.45, 2.75) is 72.5 Å². The molecule has 1 unspecified atom stereocenters. The lowest BCUT2D eigenvalue weighted by atomic mass is 10.0. The van der Waals surface area contributed by atoms with Crippen LogP contribution in [0, 0.1) is 13.8 Å². The number of nitrogens with zero attached hydrogens (tertiary/aromatic N) is 6. The second-order valence-corrected chi connectivity index (χ2v) is 10.6. The van der Waals surface area contributed by atoms with Crippen LogP contribution in [0.25, 0.3) is 10.9 Å². The minimum absolute atomic E-state index is 0.0123. The predicted molar refractivity (Wildman–Crippen MR) is 142 cm³/mol. The number of aromatic nitrogens is 5. The number of hydrogen-bond acceptors (Lipinski definition) is 7. The van der Waals surface area contributed by atoms with E-state index in [0.29, 0.717) is 6.54 Å². The molecule has 9 heteroatoms. The molecular formula is C27H41N7O2. The zero-order chi connectivity index (χ0) is 25.9. The van der Waals surface area contributed by atoms with E-state index in [-0.39, 0.29) is 17.1 Å². The highest BCUT2D eigenvalue weighted by Crippen LogP contribution is 2.29. The molecule has 0 radical (unpaired) electrons. The van der Waals surface area contributed by atoms with Crippen LogP contribution in [0.1, 0.15) is 69.1 Å². The number of benzene rings is 1. The van der Waals surface area contributed by atoms with E-state index in [1.165, 1.54) is 5.56 Å². The molecule has 0 aliphatic carbocycles. The Balaban J connectivity index is 1.69. The standard InChI is InChI=1S/C27H41N7O2/c1-7-23(25-29-30-31-34(25)27(5,6)8-2)33(12-11-32-13-15-36-16-14-32)18-22-17-21-10-9-19(3)20(4)24(21)28-26(22)35/h9-10,17,23H,7-8,11-16,18H2,1-6H3,(H,28,35). The van der Waals surface area contributed by atoms with Crippen molar-refractivity contribution in [1.29, 1.82) is 0 Å². The van der Waals surface area contributed by atoms with Gasteiger partial charge in [0.2, 0.25) is 0 Å². The number of pyridine rings is 1. The van der Waals surface area contributed by atoms with Gasteiger partial charge in [0.15, 0.2) is 5.82 Å². The number of hydrogen-bond donors (Lipinski definition) is 1. The van der Waals surface area contributed by atoms with Crippen LogP contribution >= 0.6 is 0 Å². The van der Waals surface area contributed by atoms with Crippen molar-refractivity contribution in [2.75, 3.05) is 39.4 Å². The molecule has 36 heavy (non-hydrogen) atoms. The fourth-order valence-corrected chi connectivity index (χ4v) is 4.93. The second-order valence-electron chi connectivity index (χ2n) is 10.6. The smallest absolute Gasteiger partial charge is 0.252 e. The van der Waals surface area contributed by atoms with Gasteiger partial charge in [-0.2, -0.15) is 0 Å². The van der Waals surface area contributed by atoms with E-state index in [2.05, 4.69) is 84.0 Å². The Morgan fingerprint density at radius 1 is 1.19 bits per heavy atom. The molecule has 0 bridgehead atoms. The Morgan fingerprint density at radius 2 is 1.94 bits per heavy atom. The fraction of sp³-hybridized carbons (Fsp3) is 0.630. The third-order valence-electron chi connectivity index (χ3n) is 7.87. The van der Waals surface area contributed by atoms with Gasteiger partial charge >= 0.3 is 0 Å². The molecule has 4 rings (SSSR count). The van der Waals surface area contributed by atoms with Gasteiger partial charge in [-0.15, -0.1) is 5.10 Å². The molecule has 9 nitrogen and oxygen atoms in total. The first-order valence-corrected chi connectivity index (χ1v) is 13.2. The number of ether oxygens (including phenoxy) is 1.